The van der Waals surface area contributed by atoms with E-state index in [1.54, 1.807) is 4.90 Å². The van der Waals surface area contributed by atoms with E-state index in [0.29, 0.717) is 18.3 Å². The Balaban J connectivity index is 1.50. The Morgan fingerprint density at radius 3 is 2.76 bits per heavy atom. The molecule has 1 unspecified atom stereocenters. The van der Waals surface area contributed by atoms with Gasteiger partial charge in [-0.3, -0.25) is 0 Å². The highest BCUT2D eigenvalue weighted by molar-refractivity contribution is 5.89. The molecule has 0 spiro atoms. The molecule has 1 saturated heterocycles. The van der Waals surface area contributed by atoms with Crippen molar-refractivity contribution in [2.24, 2.45) is 5.73 Å². The normalized spacial score (nSPS) is 22.3. The number of para-hydroxylation sites is 1. The average Bonchev–Trinajstić information content (AvgIpc) is 3.36. The smallest absolute Gasteiger partial charge is 0.322 e. The van der Waals surface area contributed by atoms with Gasteiger partial charge in [0, 0.05) is 12.2 Å². The number of nitrogens with one attached hydrogen (secondary N) is 1. The fourth-order valence-electron chi connectivity index (χ4n) is 3.79. The number of carbonyl (C=O) groups excluding carboxylic acids is 1. The summed E-state index contributed by atoms with van der Waals surface area (Å²) < 4.78 is 5.49. The molecule has 7 heteroatoms. The lowest BCUT2D eigenvalue weighted by Crippen LogP contribution is -2.35. The molecule has 0 radical (unpaired) electrons. The van der Waals surface area contributed by atoms with Crippen LogP contribution in [0.4, 0.5) is 10.5 Å². The van der Waals surface area contributed by atoms with Gasteiger partial charge in [0.15, 0.2) is 5.82 Å². The summed E-state index contributed by atoms with van der Waals surface area (Å²) >= 11 is 0. The monoisotopic (exact) mass is 341 g/mol. The SMILES string of the molecule is NC1(c2noc(C3CCCN3C(=O)Nc3ccccc3)n2)CCCC1. The van der Waals surface area contributed by atoms with Gasteiger partial charge in [-0.2, -0.15) is 4.98 Å². The van der Waals surface area contributed by atoms with Gasteiger partial charge in [-0.15, -0.1) is 0 Å². The summed E-state index contributed by atoms with van der Waals surface area (Å²) in [5.74, 6) is 1.07. The number of urea groups is 1. The van der Waals surface area contributed by atoms with Gasteiger partial charge in [0.25, 0.3) is 0 Å². The minimum Gasteiger partial charge on any atom is -0.337 e. The van der Waals surface area contributed by atoms with Crippen LogP contribution in [-0.2, 0) is 5.54 Å². The maximum Gasteiger partial charge on any atom is 0.322 e. The Bertz CT molecular complexity index is 739. The van der Waals surface area contributed by atoms with E-state index in [4.69, 9.17) is 10.3 Å². The predicted octanol–water partition coefficient (Wildman–Crippen LogP) is 3.17. The van der Waals surface area contributed by atoms with E-state index < -0.39 is 5.54 Å². The minimum atomic E-state index is -0.475. The lowest BCUT2D eigenvalue weighted by Gasteiger charge is -2.22. The molecular formula is C18H23N5O2. The van der Waals surface area contributed by atoms with Crippen molar-refractivity contribution in [2.45, 2.75) is 50.1 Å². The van der Waals surface area contributed by atoms with Crippen LogP contribution in [0.3, 0.4) is 0 Å². The molecule has 1 aliphatic carbocycles. The predicted molar refractivity (Wildman–Crippen MR) is 92.8 cm³/mol. The molecular weight excluding hydrogens is 318 g/mol. The van der Waals surface area contributed by atoms with Crippen LogP contribution >= 0.6 is 0 Å². The molecule has 3 N–H and O–H groups in total. The summed E-state index contributed by atoms with van der Waals surface area (Å²) in [6, 6.07) is 9.11. The largest absolute Gasteiger partial charge is 0.337 e. The summed E-state index contributed by atoms with van der Waals surface area (Å²) in [6.45, 7) is 0.675. The number of nitrogens with two attached hydrogens (primary N) is 1. The molecule has 132 valence electrons. The quantitative estimate of drug-likeness (QED) is 0.893. The Hall–Kier alpha value is -2.41. The first kappa shape index (κ1) is 16.1. The fourth-order valence-corrected chi connectivity index (χ4v) is 3.79. The number of hydrogen-bond donors (Lipinski definition) is 2. The summed E-state index contributed by atoms with van der Waals surface area (Å²) in [6.07, 6.45) is 5.69. The second-order valence-electron chi connectivity index (χ2n) is 6.97. The molecule has 2 amide bonds. The van der Waals surface area contributed by atoms with Crippen LogP contribution in [0.15, 0.2) is 34.9 Å². The summed E-state index contributed by atoms with van der Waals surface area (Å²) in [5, 5.41) is 7.05. The van der Waals surface area contributed by atoms with E-state index in [1.165, 1.54) is 0 Å². The van der Waals surface area contributed by atoms with E-state index in [-0.39, 0.29) is 12.1 Å². The highest BCUT2D eigenvalue weighted by atomic mass is 16.5. The number of carbonyl (C=O) groups is 1. The van der Waals surface area contributed by atoms with Gasteiger partial charge in [-0.25, -0.2) is 4.79 Å². The molecule has 1 aromatic heterocycles. The second kappa shape index (κ2) is 6.48. The van der Waals surface area contributed by atoms with Gasteiger partial charge < -0.3 is 20.5 Å². The number of anilines is 1. The van der Waals surface area contributed by atoms with Crippen molar-refractivity contribution >= 4 is 11.7 Å². The number of rotatable bonds is 3. The standard InChI is InChI=1S/C18H23N5O2/c19-18(10-4-5-11-18)16-21-15(25-22-16)14-9-6-12-23(14)17(24)20-13-7-2-1-3-8-13/h1-3,7-8,14H,4-6,9-12,19H2,(H,20,24). The molecule has 1 saturated carbocycles. The van der Waals surface area contributed by atoms with Crippen molar-refractivity contribution in [3.63, 3.8) is 0 Å². The molecule has 2 aromatic rings. The lowest BCUT2D eigenvalue weighted by molar-refractivity contribution is 0.193. The molecule has 1 aromatic carbocycles. The highest BCUT2D eigenvalue weighted by Crippen LogP contribution is 2.37. The van der Waals surface area contributed by atoms with Gasteiger partial charge in [0.05, 0.1) is 5.54 Å². The zero-order valence-electron chi connectivity index (χ0n) is 14.1. The molecule has 1 aliphatic heterocycles. The van der Waals surface area contributed by atoms with Crippen LogP contribution in [-0.4, -0.2) is 27.6 Å². The Labute approximate surface area is 146 Å². The third-order valence-corrected chi connectivity index (χ3v) is 5.21. The molecule has 4 rings (SSSR count). The number of likely N-dealkylation sites (tertiary alicyclic amines) is 1. The van der Waals surface area contributed by atoms with E-state index >= 15 is 0 Å². The fraction of sp³-hybridized carbons (Fsp3) is 0.500. The third-order valence-electron chi connectivity index (χ3n) is 5.21. The average molecular weight is 341 g/mol. The third kappa shape index (κ3) is 3.11. The van der Waals surface area contributed by atoms with Gasteiger partial charge >= 0.3 is 6.03 Å². The number of amides is 2. The molecule has 2 aliphatic rings. The Kier molecular flexibility index (Phi) is 4.17. The van der Waals surface area contributed by atoms with E-state index in [0.717, 1.165) is 44.2 Å². The van der Waals surface area contributed by atoms with E-state index in [1.807, 2.05) is 30.3 Å². The zero-order chi connectivity index (χ0) is 17.3. The van der Waals surface area contributed by atoms with Crippen molar-refractivity contribution < 1.29 is 9.32 Å². The molecule has 25 heavy (non-hydrogen) atoms. The van der Waals surface area contributed by atoms with Crippen LogP contribution in [0.5, 0.6) is 0 Å². The van der Waals surface area contributed by atoms with Gasteiger partial charge in [-0.1, -0.05) is 36.2 Å². The Morgan fingerprint density at radius 2 is 2.00 bits per heavy atom. The van der Waals surface area contributed by atoms with Crippen molar-refractivity contribution in [1.82, 2.24) is 15.0 Å². The summed E-state index contributed by atoms with van der Waals surface area (Å²) in [5.41, 5.74) is 6.71. The van der Waals surface area contributed by atoms with Crippen molar-refractivity contribution in [2.75, 3.05) is 11.9 Å². The maximum absolute atomic E-state index is 12.6. The summed E-state index contributed by atoms with van der Waals surface area (Å²) in [7, 11) is 0. The number of hydrogen-bond acceptors (Lipinski definition) is 5. The van der Waals surface area contributed by atoms with E-state index in [9.17, 15) is 4.79 Å². The molecule has 2 heterocycles. The van der Waals surface area contributed by atoms with Gasteiger partial charge in [-0.05, 0) is 37.8 Å². The van der Waals surface area contributed by atoms with Crippen LogP contribution in [0.1, 0.15) is 56.3 Å². The van der Waals surface area contributed by atoms with Gasteiger partial charge in [0.2, 0.25) is 5.89 Å². The van der Waals surface area contributed by atoms with Crippen molar-refractivity contribution in [3.8, 4) is 0 Å². The molecule has 7 nitrogen and oxygen atoms in total. The number of aromatic nitrogens is 2. The first-order valence-electron chi connectivity index (χ1n) is 8.91. The van der Waals surface area contributed by atoms with Crippen LogP contribution in [0.25, 0.3) is 0 Å². The second-order valence-corrected chi connectivity index (χ2v) is 6.97. The van der Waals surface area contributed by atoms with Crippen molar-refractivity contribution in [1.29, 1.82) is 0 Å². The number of benzene rings is 1. The lowest BCUT2D eigenvalue weighted by atomic mass is 9.98. The number of nitrogens with zero attached hydrogens (tertiary/aromatic N) is 3. The van der Waals surface area contributed by atoms with Crippen LogP contribution < -0.4 is 11.1 Å². The van der Waals surface area contributed by atoms with E-state index in [2.05, 4.69) is 15.5 Å². The Morgan fingerprint density at radius 1 is 1.24 bits per heavy atom. The summed E-state index contributed by atoms with van der Waals surface area (Å²) in [4.78, 5) is 19.0. The molecule has 2 fully saturated rings. The highest BCUT2D eigenvalue weighted by Gasteiger charge is 2.39. The first-order chi connectivity index (χ1) is 12.2. The van der Waals surface area contributed by atoms with Gasteiger partial charge in [0.1, 0.15) is 6.04 Å². The van der Waals surface area contributed by atoms with Crippen LogP contribution in [0.2, 0.25) is 0 Å². The molecule has 0 bridgehead atoms. The molecule has 1 atom stereocenters. The topological polar surface area (TPSA) is 97.3 Å². The minimum absolute atomic E-state index is 0.142. The van der Waals surface area contributed by atoms with Crippen molar-refractivity contribution in [3.05, 3.63) is 42.0 Å². The zero-order valence-corrected chi connectivity index (χ0v) is 14.1. The first-order valence-corrected chi connectivity index (χ1v) is 8.91. The van der Waals surface area contributed by atoms with Crippen LogP contribution in [0, 0.1) is 0 Å². The maximum atomic E-state index is 12.6.